The van der Waals surface area contributed by atoms with Crippen LogP contribution in [-0.4, -0.2) is 52.9 Å². The number of fused-ring (bicyclic) bond motifs is 1. The van der Waals surface area contributed by atoms with Gasteiger partial charge in [-0.25, -0.2) is 4.99 Å². The molecule has 2 heterocycles. The van der Waals surface area contributed by atoms with Crippen molar-refractivity contribution in [3.8, 4) is 0 Å². The van der Waals surface area contributed by atoms with E-state index in [9.17, 15) is 9.90 Å². The van der Waals surface area contributed by atoms with Crippen LogP contribution in [0.1, 0.15) is 25.0 Å². The van der Waals surface area contributed by atoms with E-state index in [1.54, 1.807) is 35.9 Å². The van der Waals surface area contributed by atoms with Crippen LogP contribution in [0.15, 0.2) is 41.7 Å². The summed E-state index contributed by atoms with van der Waals surface area (Å²) in [7, 11) is 1.81. The zero-order valence-electron chi connectivity index (χ0n) is 16.6. The van der Waals surface area contributed by atoms with E-state index < -0.39 is 5.60 Å². The van der Waals surface area contributed by atoms with Crippen LogP contribution in [0.2, 0.25) is 0 Å². The van der Waals surface area contributed by atoms with Crippen LogP contribution >= 0.6 is 0 Å². The molecule has 2 aromatic rings. The maximum absolute atomic E-state index is 12.6. The van der Waals surface area contributed by atoms with Gasteiger partial charge < -0.3 is 20.6 Å². The molecular formula is C20H28N6O2. The largest absolute Gasteiger partial charge is 0.383 e. The second-order valence-electron chi connectivity index (χ2n) is 7.15. The predicted octanol–water partition coefficient (Wildman–Crippen LogP) is 0.772. The van der Waals surface area contributed by atoms with Gasteiger partial charge in [0, 0.05) is 37.6 Å². The summed E-state index contributed by atoms with van der Waals surface area (Å²) >= 11 is 0. The van der Waals surface area contributed by atoms with Gasteiger partial charge in [0.25, 0.3) is 0 Å². The molecule has 1 aliphatic heterocycles. The normalized spacial score (nSPS) is 15.9. The molecule has 8 heteroatoms. The third-order valence-corrected chi connectivity index (χ3v) is 4.83. The van der Waals surface area contributed by atoms with Crippen molar-refractivity contribution in [2.45, 2.75) is 25.9 Å². The molecule has 0 saturated heterocycles. The lowest BCUT2D eigenvalue weighted by atomic mass is 10.00. The topological polar surface area (TPSA) is 94.8 Å². The van der Waals surface area contributed by atoms with Gasteiger partial charge in [-0.1, -0.05) is 18.2 Å². The fraction of sp³-hybridized carbons (Fsp3) is 0.450. The smallest absolute Gasteiger partial charge is 0.248 e. The molecule has 1 aliphatic rings. The lowest BCUT2D eigenvalue weighted by Crippen LogP contribution is -2.45. The minimum atomic E-state index is -1.11. The maximum atomic E-state index is 12.6. The molecule has 0 radical (unpaired) electrons. The number of guanidine groups is 1. The van der Waals surface area contributed by atoms with Crippen molar-refractivity contribution in [2.24, 2.45) is 12.0 Å². The van der Waals surface area contributed by atoms with Gasteiger partial charge in [-0.2, -0.15) is 5.10 Å². The summed E-state index contributed by atoms with van der Waals surface area (Å²) in [6.45, 7) is 5.29. The van der Waals surface area contributed by atoms with Crippen molar-refractivity contribution in [3.63, 3.8) is 0 Å². The fourth-order valence-corrected chi connectivity index (χ4v) is 3.23. The molecule has 1 aromatic carbocycles. The Kier molecular flexibility index (Phi) is 5.99. The number of nitrogens with one attached hydrogen (secondary N) is 2. The summed E-state index contributed by atoms with van der Waals surface area (Å²) < 4.78 is 1.65. The highest BCUT2D eigenvalue weighted by Gasteiger charge is 2.26. The molecule has 0 spiro atoms. The number of nitrogens with zero attached hydrogens (tertiary/aromatic N) is 4. The zero-order chi connectivity index (χ0) is 20.1. The number of hydrogen-bond donors (Lipinski definition) is 3. The first-order valence-corrected chi connectivity index (χ1v) is 9.52. The number of carbonyl (C=O) groups excluding carboxylic acids is 1. The summed E-state index contributed by atoms with van der Waals surface area (Å²) in [5.41, 5.74) is 1.77. The van der Waals surface area contributed by atoms with Crippen LogP contribution in [0.5, 0.6) is 0 Å². The Hall–Kier alpha value is -2.87. The molecule has 0 aliphatic carbocycles. The molecule has 1 aromatic heterocycles. The van der Waals surface area contributed by atoms with Crippen LogP contribution in [-0.2, 0) is 23.9 Å². The van der Waals surface area contributed by atoms with Gasteiger partial charge in [-0.3, -0.25) is 9.48 Å². The predicted molar refractivity (Wildman–Crippen MR) is 109 cm³/mol. The number of aromatic nitrogens is 2. The summed E-state index contributed by atoms with van der Waals surface area (Å²) in [4.78, 5) is 18.8. The Morgan fingerprint density at radius 3 is 2.86 bits per heavy atom. The average Bonchev–Trinajstić information content (AvgIpc) is 3.30. The van der Waals surface area contributed by atoms with Crippen molar-refractivity contribution in [1.29, 1.82) is 0 Å². The zero-order valence-corrected chi connectivity index (χ0v) is 16.6. The molecule has 1 atom stereocenters. The lowest BCUT2D eigenvalue weighted by molar-refractivity contribution is -0.117. The first-order valence-electron chi connectivity index (χ1n) is 9.52. The van der Waals surface area contributed by atoms with E-state index >= 15 is 0 Å². The maximum Gasteiger partial charge on any atom is 0.248 e. The van der Waals surface area contributed by atoms with Gasteiger partial charge >= 0.3 is 0 Å². The average molecular weight is 384 g/mol. The SMILES string of the molecule is CCNC(=NCC(=O)N1CCc2ccccc21)NCC(C)(O)c1cnn(C)c1. The number of carbonyl (C=O) groups is 1. The van der Waals surface area contributed by atoms with Crippen LogP contribution in [0.25, 0.3) is 0 Å². The van der Waals surface area contributed by atoms with E-state index in [1.807, 2.05) is 25.1 Å². The van der Waals surface area contributed by atoms with Crippen LogP contribution < -0.4 is 15.5 Å². The molecule has 1 amide bonds. The fourth-order valence-electron chi connectivity index (χ4n) is 3.23. The van der Waals surface area contributed by atoms with E-state index in [2.05, 4.69) is 26.8 Å². The van der Waals surface area contributed by atoms with Gasteiger partial charge in [-0.15, -0.1) is 0 Å². The number of benzene rings is 1. The van der Waals surface area contributed by atoms with Crippen molar-refractivity contribution < 1.29 is 9.90 Å². The number of rotatable bonds is 6. The van der Waals surface area contributed by atoms with Crippen molar-refractivity contribution in [3.05, 3.63) is 47.8 Å². The molecule has 1 unspecified atom stereocenters. The highest BCUT2D eigenvalue weighted by molar-refractivity contribution is 5.98. The molecule has 0 fully saturated rings. The molecule has 3 rings (SSSR count). The van der Waals surface area contributed by atoms with Crippen molar-refractivity contribution in [1.82, 2.24) is 20.4 Å². The molecule has 3 N–H and O–H groups in total. The van der Waals surface area contributed by atoms with Gasteiger partial charge in [0.2, 0.25) is 5.91 Å². The van der Waals surface area contributed by atoms with Crippen LogP contribution in [0.3, 0.4) is 0 Å². The minimum Gasteiger partial charge on any atom is -0.383 e. The molecule has 28 heavy (non-hydrogen) atoms. The number of aliphatic imine (C=N–C) groups is 1. The quantitative estimate of drug-likeness (QED) is 0.505. The van der Waals surface area contributed by atoms with Crippen molar-refractivity contribution >= 4 is 17.6 Å². The standard InChI is InChI=1S/C20H28N6O2/c1-4-21-19(23-14-20(2,28)16-11-24-25(3)13-16)22-12-18(27)26-10-9-15-7-5-6-8-17(15)26/h5-8,11,13,28H,4,9-10,12,14H2,1-3H3,(H2,21,22,23). The Bertz CT molecular complexity index is 858. The number of hydrogen-bond acceptors (Lipinski definition) is 4. The lowest BCUT2D eigenvalue weighted by Gasteiger charge is -2.24. The van der Waals surface area contributed by atoms with E-state index in [0.717, 1.165) is 12.1 Å². The molecule has 0 bridgehead atoms. The molecule has 150 valence electrons. The Morgan fingerprint density at radius 2 is 2.14 bits per heavy atom. The summed E-state index contributed by atoms with van der Waals surface area (Å²) in [5.74, 6) is 0.452. The third-order valence-electron chi connectivity index (χ3n) is 4.83. The second-order valence-corrected chi connectivity index (χ2v) is 7.15. The van der Waals surface area contributed by atoms with Gasteiger partial charge in [0.05, 0.1) is 12.7 Å². The van der Waals surface area contributed by atoms with E-state index in [1.165, 1.54) is 5.56 Å². The monoisotopic (exact) mass is 384 g/mol. The highest BCUT2D eigenvalue weighted by Crippen LogP contribution is 2.27. The van der Waals surface area contributed by atoms with E-state index in [0.29, 0.717) is 24.6 Å². The van der Waals surface area contributed by atoms with Crippen molar-refractivity contribution in [2.75, 3.05) is 31.1 Å². The minimum absolute atomic E-state index is 0.0404. The number of aryl methyl sites for hydroxylation is 1. The molecule has 0 saturated carbocycles. The van der Waals surface area contributed by atoms with Crippen LogP contribution in [0, 0.1) is 0 Å². The number of aliphatic hydroxyl groups is 1. The Balaban J connectivity index is 1.62. The first kappa shape index (κ1) is 19.9. The number of anilines is 1. The molecule has 8 nitrogen and oxygen atoms in total. The van der Waals surface area contributed by atoms with E-state index in [-0.39, 0.29) is 19.0 Å². The Morgan fingerprint density at radius 1 is 1.36 bits per heavy atom. The molecular weight excluding hydrogens is 356 g/mol. The summed E-state index contributed by atoms with van der Waals surface area (Å²) in [6.07, 6.45) is 4.29. The van der Waals surface area contributed by atoms with Gasteiger partial charge in [0.15, 0.2) is 5.96 Å². The van der Waals surface area contributed by atoms with Gasteiger partial charge in [0.1, 0.15) is 12.1 Å². The number of amides is 1. The summed E-state index contributed by atoms with van der Waals surface area (Å²) in [6, 6.07) is 7.96. The highest BCUT2D eigenvalue weighted by atomic mass is 16.3. The third kappa shape index (κ3) is 4.51. The van der Waals surface area contributed by atoms with Gasteiger partial charge in [-0.05, 0) is 31.9 Å². The Labute approximate surface area is 165 Å². The van der Waals surface area contributed by atoms with Crippen LogP contribution in [0.4, 0.5) is 5.69 Å². The first-order chi connectivity index (χ1) is 13.4. The van der Waals surface area contributed by atoms with E-state index in [4.69, 9.17) is 0 Å². The second kappa shape index (κ2) is 8.43. The summed E-state index contributed by atoms with van der Waals surface area (Å²) in [5, 5.41) is 21.0. The number of para-hydroxylation sites is 1.